The zero-order chi connectivity index (χ0) is 14.5. The van der Waals surface area contributed by atoms with E-state index in [4.69, 9.17) is 0 Å². The van der Waals surface area contributed by atoms with Crippen LogP contribution in [0.3, 0.4) is 0 Å². The Hall–Kier alpha value is -1.36. The highest BCUT2D eigenvalue weighted by Gasteiger charge is 2.25. The van der Waals surface area contributed by atoms with Crippen LogP contribution in [0.1, 0.15) is 42.7 Å². The average Bonchev–Trinajstić information content (AvgIpc) is 2.91. The van der Waals surface area contributed by atoms with Crippen LogP contribution in [0, 0.1) is 12.8 Å². The second-order valence-corrected chi connectivity index (χ2v) is 5.63. The lowest BCUT2D eigenvalue weighted by Crippen LogP contribution is -2.41. The number of piperidine rings is 1. The molecule has 20 heavy (non-hydrogen) atoms. The van der Waals surface area contributed by atoms with Crippen molar-refractivity contribution in [2.45, 2.75) is 33.6 Å². The molecule has 1 aliphatic rings. The van der Waals surface area contributed by atoms with Crippen LogP contribution < -0.4 is 0 Å². The van der Waals surface area contributed by atoms with Gasteiger partial charge in [-0.25, -0.2) is 0 Å². The maximum absolute atomic E-state index is 12.4. The fourth-order valence-electron chi connectivity index (χ4n) is 2.90. The molecule has 5 heteroatoms. The van der Waals surface area contributed by atoms with Gasteiger partial charge >= 0.3 is 0 Å². The van der Waals surface area contributed by atoms with Crippen molar-refractivity contribution in [3.05, 3.63) is 17.5 Å². The highest BCUT2D eigenvalue weighted by atomic mass is 16.2. The largest absolute Gasteiger partial charge is 0.339 e. The van der Waals surface area contributed by atoms with Crippen molar-refractivity contribution in [3.63, 3.8) is 0 Å². The molecule has 0 unspecified atom stereocenters. The van der Waals surface area contributed by atoms with E-state index in [9.17, 15) is 4.79 Å². The Morgan fingerprint density at radius 2 is 2.05 bits per heavy atom. The van der Waals surface area contributed by atoms with Crippen LogP contribution in [0.5, 0.6) is 0 Å². The Kier molecular flexibility index (Phi) is 5.17. The Morgan fingerprint density at radius 3 is 2.55 bits per heavy atom. The Bertz CT molecular complexity index is 431. The summed E-state index contributed by atoms with van der Waals surface area (Å²) in [5, 5.41) is 6.77. The van der Waals surface area contributed by atoms with Crippen LogP contribution in [0.2, 0.25) is 0 Å². The van der Waals surface area contributed by atoms with Gasteiger partial charge in [0, 0.05) is 25.3 Å². The normalized spacial score (nSPS) is 16.9. The Balaban J connectivity index is 1.85. The zero-order valence-electron chi connectivity index (χ0n) is 12.9. The molecule has 1 aliphatic heterocycles. The van der Waals surface area contributed by atoms with Crippen molar-refractivity contribution in [2.75, 3.05) is 32.7 Å². The van der Waals surface area contributed by atoms with Crippen LogP contribution in [-0.2, 0) is 0 Å². The van der Waals surface area contributed by atoms with E-state index in [0.29, 0.717) is 5.56 Å². The molecule has 1 aromatic heterocycles. The minimum atomic E-state index is 0.123. The highest BCUT2D eigenvalue weighted by molar-refractivity contribution is 5.95. The number of H-pyrrole nitrogens is 1. The molecule has 2 heterocycles. The van der Waals surface area contributed by atoms with E-state index in [1.807, 2.05) is 11.8 Å². The second-order valence-electron chi connectivity index (χ2n) is 5.63. The van der Waals surface area contributed by atoms with Gasteiger partial charge in [0.25, 0.3) is 5.91 Å². The summed E-state index contributed by atoms with van der Waals surface area (Å²) in [5.41, 5.74) is 1.58. The summed E-state index contributed by atoms with van der Waals surface area (Å²) >= 11 is 0. The van der Waals surface area contributed by atoms with E-state index in [1.165, 1.54) is 6.54 Å². The summed E-state index contributed by atoms with van der Waals surface area (Å²) < 4.78 is 0. The molecule has 0 bridgehead atoms. The summed E-state index contributed by atoms with van der Waals surface area (Å²) in [6.45, 7) is 11.5. The number of aryl methyl sites for hydroxylation is 1. The fraction of sp³-hybridized carbons (Fsp3) is 0.733. The summed E-state index contributed by atoms with van der Waals surface area (Å²) in [7, 11) is 0. The molecule has 0 saturated carbocycles. The number of nitrogens with zero attached hydrogens (tertiary/aromatic N) is 3. The van der Waals surface area contributed by atoms with E-state index >= 15 is 0 Å². The topological polar surface area (TPSA) is 52.2 Å². The molecule has 1 saturated heterocycles. The summed E-state index contributed by atoms with van der Waals surface area (Å²) in [6, 6.07) is 0. The van der Waals surface area contributed by atoms with Crippen molar-refractivity contribution in [2.24, 2.45) is 5.92 Å². The molecule has 0 aliphatic carbocycles. The summed E-state index contributed by atoms with van der Waals surface area (Å²) in [6.07, 6.45) is 3.86. The smallest absolute Gasteiger partial charge is 0.257 e. The first-order chi connectivity index (χ1) is 9.65. The zero-order valence-corrected chi connectivity index (χ0v) is 12.9. The van der Waals surface area contributed by atoms with Gasteiger partial charge in [-0.3, -0.25) is 9.89 Å². The predicted molar refractivity (Wildman–Crippen MR) is 79.7 cm³/mol. The lowest BCUT2D eigenvalue weighted by atomic mass is 9.95. The van der Waals surface area contributed by atoms with Crippen molar-refractivity contribution in [3.8, 4) is 0 Å². The lowest BCUT2D eigenvalue weighted by molar-refractivity contribution is 0.0669. The van der Waals surface area contributed by atoms with E-state index in [0.717, 1.165) is 50.6 Å². The minimum absolute atomic E-state index is 0.123. The van der Waals surface area contributed by atoms with Gasteiger partial charge in [-0.2, -0.15) is 5.10 Å². The van der Waals surface area contributed by atoms with Gasteiger partial charge in [-0.05, 0) is 38.8 Å². The third-order valence-corrected chi connectivity index (χ3v) is 4.37. The molecule has 1 fully saturated rings. The number of amides is 1. The van der Waals surface area contributed by atoms with Crippen LogP contribution in [0.4, 0.5) is 0 Å². The average molecular weight is 278 g/mol. The van der Waals surface area contributed by atoms with Gasteiger partial charge in [-0.15, -0.1) is 0 Å². The van der Waals surface area contributed by atoms with Gasteiger partial charge < -0.3 is 9.80 Å². The van der Waals surface area contributed by atoms with E-state index in [1.54, 1.807) is 6.20 Å². The number of likely N-dealkylation sites (tertiary alicyclic amines) is 1. The number of carbonyl (C=O) groups is 1. The van der Waals surface area contributed by atoms with Crippen molar-refractivity contribution < 1.29 is 4.79 Å². The van der Waals surface area contributed by atoms with Gasteiger partial charge in [0.05, 0.1) is 11.8 Å². The Labute approximate surface area is 121 Å². The number of aromatic nitrogens is 2. The number of carbonyl (C=O) groups excluding carboxylic acids is 1. The first kappa shape index (κ1) is 15.0. The highest BCUT2D eigenvalue weighted by Crippen LogP contribution is 2.20. The van der Waals surface area contributed by atoms with Gasteiger partial charge in [0.2, 0.25) is 0 Å². The van der Waals surface area contributed by atoms with E-state index < -0.39 is 0 Å². The molecule has 112 valence electrons. The maximum atomic E-state index is 12.4. The molecule has 1 amide bonds. The van der Waals surface area contributed by atoms with Crippen LogP contribution >= 0.6 is 0 Å². The van der Waals surface area contributed by atoms with Gasteiger partial charge in [-0.1, -0.05) is 13.8 Å². The summed E-state index contributed by atoms with van der Waals surface area (Å²) in [5.74, 6) is 0.849. The lowest BCUT2D eigenvalue weighted by Gasteiger charge is -2.34. The number of nitrogens with one attached hydrogen (secondary N) is 1. The third kappa shape index (κ3) is 3.39. The predicted octanol–water partition coefficient (Wildman–Crippen LogP) is 1.91. The van der Waals surface area contributed by atoms with Crippen LogP contribution in [0.25, 0.3) is 0 Å². The summed E-state index contributed by atoms with van der Waals surface area (Å²) in [4.78, 5) is 16.8. The SMILES string of the molecule is CCN(CC)CC1CCN(C(=O)c2cn[nH]c2C)CC1. The quantitative estimate of drug-likeness (QED) is 0.895. The number of rotatable bonds is 5. The monoisotopic (exact) mass is 278 g/mol. The van der Waals surface area contributed by atoms with E-state index in [-0.39, 0.29) is 5.91 Å². The first-order valence-corrected chi connectivity index (χ1v) is 7.67. The van der Waals surface area contributed by atoms with Crippen molar-refractivity contribution >= 4 is 5.91 Å². The molecule has 5 nitrogen and oxygen atoms in total. The van der Waals surface area contributed by atoms with Crippen molar-refractivity contribution in [1.29, 1.82) is 0 Å². The standard InChI is InChI=1S/C15H26N4O/c1-4-18(5-2)11-13-6-8-19(9-7-13)15(20)14-10-16-17-12(14)3/h10,13H,4-9,11H2,1-3H3,(H,16,17). The molecule has 1 aromatic rings. The maximum Gasteiger partial charge on any atom is 0.257 e. The van der Waals surface area contributed by atoms with Crippen molar-refractivity contribution in [1.82, 2.24) is 20.0 Å². The molecular weight excluding hydrogens is 252 g/mol. The third-order valence-electron chi connectivity index (χ3n) is 4.37. The van der Waals surface area contributed by atoms with E-state index in [2.05, 4.69) is 28.9 Å². The molecule has 0 aromatic carbocycles. The van der Waals surface area contributed by atoms with Gasteiger partial charge in [0.1, 0.15) is 0 Å². The minimum Gasteiger partial charge on any atom is -0.339 e. The molecule has 0 radical (unpaired) electrons. The molecular formula is C15H26N4O. The molecule has 0 atom stereocenters. The fourth-order valence-corrected chi connectivity index (χ4v) is 2.90. The van der Waals surface area contributed by atoms with Gasteiger partial charge in [0.15, 0.2) is 0 Å². The number of hydrogen-bond donors (Lipinski definition) is 1. The molecule has 2 rings (SSSR count). The number of aromatic amines is 1. The van der Waals surface area contributed by atoms with Crippen LogP contribution in [0.15, 0.2) is 6.20 Å². The molecule has 0 spiro atoms. The first-order valence-electron chi connectivity index (χ1n) is 7.67. The van der Waals surface area contributed by atoms with Crippen LogP contribution in [-0.4, -0.2) is 58.6 Å². The number of hydrogen-bond acceptors (Lipinski definition) is 3. The Morgan fingerprint density at radius 1 is 1.40 bits per heavy atom. The molecule has 1 N–H and O–H groups in total. The second kappa shape index (κ2) is 6.88.